The van der Waals surface area contributed by atoms with Crippen LogP contribution >= 0.6 is 0 Å². The van der Waals surface area contributed by atoms with Crippen LogP contribution in [0.4, 0.5) is 0 Å². The van der Waals surface area contributed by atoms with E-state index in [0.717, 1.165) is 24.1 Å². The summed E-state index contributed by atoms with van der Waals surface area (Å²) < 4.78 is 0. The Kier molecular flexibility index (Phi) is 4.58. The summed E-state index contributed by atoms with van der Waals surface area (Å²) in [5.41, 5.74) is 3.17. The third kappa shape index (κ3) is 3.28. The van der Waals surface area contributed by atoms with E-state index in [0.29, 0.717) is 24.8 Å². The molecule has 4 rings (SSSR count). The number of amides is 1. The minimum absolute atomic E-state index is 0.0445. The lowest BCUT2D eigenvalue weighted by atomic mass is 10.1. The first-order chi connectivity index (χ1) is 12.7. The van der Waals surface area contributed by atoms with Crippen molar-refractivity contribution in [3.05, 3.63) is 66.2 Å². The average molecular weight is 347 g/mol. The van der Waals surface area contributed by atoms with Crippen LogP contribution in [0.3, 0.4) is 0 Å². The molecule has 132 valence electrons. The first-order valence-electron chi connectivity index (χ1n) is 8.87. The van der Waals surface area contributed by atoms with Crippen molar-refractivity contribution in [2.24, 2.45) is 0 Å². The Bertz CT molecular complexity index is 906. The molecular weight excluding hydrogens is 326 g/mol. The van der Waals surface area contributed by atoms with Gasteiger partial charge in [0.15, 0.2) is 0 Å². The predicted octanol–water partition coefficient (Wildman–Crippen LogP) is 2.54. The van der Waals surface area contributed by atoms with Crippen molar-refractivity contribution in [3.8, 4) is 0 Å². The second kappa shape index (κ2) is 7.17. The zero-order valence-corrected chi connectivity index (χ0v) is 14.7. The van der Waals surface area contributed by atoms with Crippen molar-refractivity contribution in [3.63, 3.8) is 0 Å². The number of piperazine rings is 1. The van der Waals surface area contributed by atoms with E-state index in [4.69, 9.17) is 0 Å². The molecule has 3 aromatic rings. The van der Waals surface area contributed by atoms with Gasteiger partial charge in [0.05, 0.1) is 17.2 Å². The molecule has 2 aromatic heterocycles. The topological polar surface area (TPSA) is 62.2 Å². The molecule has 1 aromatic carbocycles. The number of benzene rings is 1. The van der Waals surface area contributed by atoms with Gasteiger partial charge in [-0.3, -0.25) is 19.7 Å². The van der Waals surface area contributed by atoms with Crippen molar-refractivity contribution in [2.45, 2.75) is 13.0 Å². The van der Waals surface area contributed by atoms with E-state index in [1.165, 1.54) is 5.56 Å². The molecule has 1 saturated heterocycles. The molecule has 26 heavy (non-hydrogen) atoms. The van der Waals surface area contributed by atoms with Gasteiger partial charge in [-0.05, 0) is 30.7 Å². The van der Waals surface area contributed by atoms with Crippen LogP contribution in [0.2, 0.25) is 0 Å². The number of nitrogens with zero attached hydrogens (tertiary/aromatic N) is 5. The van der Waals surface area contributed by atoms with Crippen LogP contribution in [0.15, 0.2) is 55.0 Å². The largest absolute Gasteiger partial charge is 0.335 e. The summed E-state index contributed by atoms with van der Waals surface area (Å²) in [6, 6.07) is 12.0. The van der Waals surface area contributed by atoms with E-state index in [-0.39, 0.29) is 5.91 Å². The fourth-order valence-electron chi connectivity index (χ4n) is 3.37. The summed E-state index contributed by atoms with van der Waals surface area (Å²) in [6.07, 6.45) is 5.28. The Morgan fingerprint density at radius 2 is 1.77 bits per heavy atom. The Balaban J connectivity index is 1.43. The number of para-hydroxylation sites is 2. The highest BCUT2D eigenvalue weighted by Crippen LogP contribution is 2.21. The van der Waals surface area contributed by atoms with Crippen LogP contribution in [0.1, 0.15) is 29.0 Å². The molecule has 1 amide bonds. The number of carbonyl (C=O) groups excluding carboxylic acids is 1. The lowest BCUT2D eigenvalue weighted by Crippen LogP contribution is -2.49. The molecule has 6 nitrogen and oxygen atoms in total. The van der Waals surface area contributed by atoms with Gasteiger partial charge in [-0.1, -0.05) is 18.2 Å². The van der Waals surface area contributed by atoms with Crippen LogP contribution in [0.5, 0.6) is 0 Å². The van der Waals surface area contributed by atoms with Gasteiger partial charge in [0.25, 0.3) is 5.91 Å². The summed E-state index contributed by atoms with van der Waals surface area (Å²) in [5, 5.41) is 0. The smallest absolute Gasteiger partial charge is 0.274 e. The molecule has 1 aliphatic heterocycles. The fraction of sp³-hybridized carbons (Fsp3) is 0.300. The molecule has 6 heteroatoms. The minimum Gasteiger partial charge on any atom is -0.335 e. The van der Waals surface area contributed by atoms with Crippen molar-refractivity contribution >= 4 is 16.9 Å². The summed E-state index contributed by atoms with van der Waals surface area (Å²) in [6.45, 7) is 5.24. The highest BCUT2D eigenvalue weighted by atomic mass is 16.2. The number of hydrogen-bond acceptors (Lipinski definition) is 5. The Labute approximate surface area is 152 Å². The third-order valence-corrected chi connectivity index (χ3v) is 4.98. The van der Waals surface area contributed by atoms with Gasteiger partial charge in [-0.25, -0.2) is 4.98 Å². The van der Waals surface area contributed by atoms with E-state index >= 15 is 0 Å². The zero-order chi connectivity index (χ0) is 17.9. The van der Waals surface area contributed by atoms with Gasteiger partial charge >= 0.3 is 0 Å². The highest BCUT2D eigenvalue weighted by Gasteiger charge is 2.26. The lowest BCUT2D eigenvalue weighted by Gasteiger charge is -2.38. The maximum absolute atomic E-state index is 12.8. The Hall–Kier alpha value is -2.86. The molecule has 1 aliphatic rings. The Morgan fingerprint density at radius 1 is 1.00 bits per heavy atom. The SMILES string of the molecule is C[C@H](c1cccnc1)N1CCN(C(=O)c2cnc3ccccc3n2)CC1. The molecule has 0 N–H and O–H groups in total. The molecule has 1 fully saturated rings. The number of carbonyl (C=O) groups is 1. The van der Waals surface area contributed by atoms with Crippen molar-refractivity contribution in [2.75, 3.05) is 26.2 Å². The minimum atomic E-state index is -0.0445. The zero-order valence-electron chi connectivity index (χ0n) is 14.7. The van der Waals surface area contributed by atoms with Gasteiger partial charge in [0.2, 0.25) is 0 Å². The van der Waals surface area contributed by atoms with Gasteiger partial charge < -0.3 is 4.90 Å². The number of aromatic nitrogens is 3. The van der Waals surface area contributed by atoms with Gasteiger partial charge in [0.1, 0.15) is 5.69 Å². The molecule has 0 spiro atoms. The van der Waals surface area contributed by atoms with E-state index in [1.807, 2.05) is 41.4 Å². The predicted molar refractivity (Wildman–Crippen MR) is 99.7 cm³/mol. The number of fused-ring (bicyclic) bond motifs is 1. The first-order valence-corrected chi connectivity index (χ1v) is 8.87. The maximum Gasteiger partial charge on any atom is 0.274 e. The molecule has 0 saturated carbocycles. The average Bonchev–Trinajstić information content (AvgIpc) is 2.73. The fourth-order valence-corrected chi connectivity index (χ4v) is 3.37. The highest BCUT2D eigenvalue weighted by molar-refractivity contribution is 5.93. The van der Waals surface area contributed by atoms with E-state index in [1.54, 1.807) is 12.4 Å². The number of pyridine rings is 1. The van der Waals surface area contributed by atoms with E-state index in [2.05, 4.69) is 32.8 Å². The molecule has 0 radical (unpaired) electrons. The summed E-state index contributed by atoms with van der Waals surface area (Å²) in [7, 11) is 0. The molecule has 1 atom stereocenters. The van der Waals surface area contributed by atoms with E-state index in [9.17, 15) is 4.79 Å². The van der Waals surface area contributed by atoms with Crippen molar-refractivity contribution in [1.82, 2.24) is 24.8 Å². The monoisotopic (exact) mass is 347 g/mol. The number of hydrogen-bond donors (Lipinski definition) is 0. The summed E-state index contributed by atoms with van der Waals surface area (Å²) in [5.74, 6) is -0.0445. The van der Waals surface area contributed by atoms with Gasteiger partial charge in [-0.2, -0.15) is 0 Å². The molecule has 0 unspecified atom stereocenters. The summed E-state index contributed by atoms with van der Waals surface area (Å²) >= 11 is 0. The second-order valence-corrected chi connectivity index (χ2v) is 6.53. The Morgan fingerprint density at radius 3 is 2.50 bits per heavy atom. The van der Waals surface area contributed by atoms with Crippen LogP contribution in [0.25, 0.3) is 11.0 Å². The maximum atomic E-state index is 12.8. The number of rotatable bonds is 3. The van der Waals surface area contributed by atoms with Crippen molar-refractivity contribution < 1.29 is 4.79 Å². The van der Waals surface area contributed by atoms with E-state index < -0.39 is 0 Å². The third-order valence-electron chi connectivity index (χ3n) is 4.98. The van der Waals surface area contributed by atoms with Gasteiger partial charge in [0, 0.05) is 44.6 Å². The normalized spacial score (nSPS) is 16.6. The standard InChI is InChI=1S/C20H21N5O/c1-15(16-5-4-8-21-13-16)24-9-11-25(12-10-24)20(26)19-14-22-17-6-2-3-7-18(17)23-19/h2-8,13-15H,9-12H2,1H3/t15-/m1/s1. The van der Waals surface area contributed by atoms with Crippen LogP contribution in [0, 0.1) is 0 Å². The second-order valence-electron chi connectivity index (χ2n) is 6.53. The van der Waals surface area contributed by atoms with Crippen LogP contribution in [-0.2, 0) is 0 Å². The lowest BCUT2D eigenvalue weighted by molar-refractivity contribution is 0.0576. The van der Waals surface area contributed by atoms with Crippen LogP contribution in [-0.4, -0.2) is 56.8 Å². The summed E-state index contributed by atoms with van der Waals surface area (Å²) in [4.78, 5) is 30.1. The molecule has 0 aliphatic carbocycles. The molecular formula is C20H21N5O. The van der Waals surface area contributed by atoms with Crippen molar-refractivity contribution in [1.29, 1.82) is 0 Å². The first kappa shape index (κ1) is 16.6. The van der Waals surface area contributed by atoms with Crippen LogP contribution < -0.4 is 0 Å². The quantitative estimate of drug-likeness (QED) is 0.729. The molecule has 3 heterocycles. The van der Waals surface area contributed by atoms with Gasteiger partial charge in [-0.15, -0.1) is 0 Å². The molecule has 0 bridgehead atoms.